The highest BCUT2D eigenvalue weighted by Crippen LogP contribution is 2.42. The van der Waals surface area contributed by atoms with Gasteiger partial charge in [-0.3, -0.25) is 19.9 Å². The van der Waals surface area contributed by atoms with Gasteiger partial charge in [-0.05, 0) is 56.9 Å². The number of nitrogens with one attached hydrogen (secondary N) is 2. The van der Waals surface area contributed by atoms with Crippen molar-refractivity contribution in [1.29, 1.82) is 0 Å². The van der Waals surface area contributed by atoms with Gasteiger partial charge >= 0.3 is 0 Å². The van der Waals surface area contributed by atoms with Gasteiger partial charge in [0.25, 0.3) is 5.69 Å². The van der Waals surface area contributed by atoms with Crippen LogP contribution in [0.25, 0.3) is 0 Å². The van der Waals surface area contributed by atoms with E-state index in [1.165, 1.54) is 24.3 Å². The molecule has 1 aromatic heterocycles. The molecule has 10 nitrogen and oxygen atoms in total. The summed E-state index contributed by atoms with van der Waals surface area (Å²) in [4.78, 5) is 26.0. The van der Waals surface area contributed by atoms with E-state index >= 15 is 0 Å². The Bertz CT molecular complexity index is 1150. The Kier molecular flexibility index (Phi) is 7.82. The molecule has 0 spiro atoms. The molecule has 0 bridgehead atoms. The van der Waals surface area contributed by atoms with E-state index in [2.05, 4.69) is 15.0 Å². The molecule has 2 aromatic rings. The standard InChI is InChI=1S/C22H27FN4O6S/c1-22(2)12-15(19-11-16(23)3-6-20(19)33-22)8-10-34(31,32)26-14-21(28)24-9-7-17-4-5-18(13-25-17)27(29)30/h3-6,11,13,15,26H,7-10,12,14H2,1-2H3,(H,24,28). The first-order valence-corrected chi connectivity index (χ1v) is 12.4. The summed E-state index contributed by atoms with van der Waals surface area (Å²) in [5.41, 5.74) is 0.570. The third-order valence-corrected chi connectivity index (χ3v) is 6.80. The lowest BCUT2D eigenvalue weighted by atomic mass is 9.83. The predicted molar refractivity (Wildman–Crippen MR) is 122 cm³/mol. The van der Waals surface area contributed by atoms with Crippen LogP contribution in [0.2, 0.25) is 0 Å². The Hall–Kier alpha value is -3.12. The number of hydrogen-bond donors (Lipinski definition) is 2. The Labute approximate surface area is 197 Å². The summed E-state index contributed by atoms with van der Waals surface area (Å²) in [7, 11) is -3.74. The van der Waals surface area contributed by atoms with Crippen LogP contribution >= 0.6 is 0 Å². The summed E-state index contributed by atoms with van der Waals surface area (Å²) in [6, 6.07) is 7.07. The monoisotopic (exact) mass is 494 g/mol. The van der Waals surface area contributed by atoms with Gasteiger partial charge in [0.1, 0.15) is 23.4 Å². The topological polar surface area (TPSA) is 141 Å². The van der Waals surface area contributed by atoms with Crippen molar-refractivity contribution >= 4 is 21.6 Å². The number of rotatable bonds is 10. The van der Waals surface area contributed by atoms with Crippen molar-refractivity contribution < 1.29 is 27.3 Å². The zero-order chi connectivity index (χ0) is 24.9. The molecule has 0 fully saturated rings. The second-order valence-corrected chi connectivity index (χ2v) is 10.7. The van der Waals surface area contributed by atoms with Gasteiger partial charge in [-0.1, -0.05) is 0 Å². The molecule has 3 rings (SSSR count). The van der Waals surface area contributed by atoms with Gasteiger partial charge < -0.3 is 10.1 Å². The molecule has 1 aliphatic heterocycles. The number of nitro groups is 1. The largest absolute Gasteiger partial charge is 0.488 e. The fraction of sp³-hybridized carbons (Fsp3) is 0.455. The molecule has 34 heavy (non-hydrogen) atoms. The van der Waals surface area contributed by atoms with Crippen LogP contribution in [0.1, 0.15) is 43.9 Å². The van der Waals surface area contributed by atoms with E-state index in [1.54, 1.807) is 6.07 Å². The minimum absolute atomic E-state index is 0.125. The fourth-order valence-corrected chi connectivity index (χ4v) is 4.93. The molecule has 2 N–H and O–H groups in total. The molecule has 184 valence electrons. The molecular formula is C22H27FN4O6S. The van der Waals surface area contributed by atoms with E-state index in [9.17, 15) is 27.7 Å². The van der Waals surface area contributed by atoms with Crippen LogP contribution in [-0.4, -0.2) is 48.7 Å². The molecule has 2 heterocycles. The molecule has 0 radical (unpaired) electrons. The molecule has 1 aliphatic rings. The van der Waals surface area contributed by atoms with Crippen LogP contribution in [0, 0.1) is 15.9 Å². The van der Waals surface area contributed by atoms with Crippen LogP contribution in [0.3, 0.4) is 0 Å². The van der Waals surface area contributed by atoms with Gasteiger partial charge in [-0.15, -0.1) is 0 Å². The van der Waals surface area contributed by atoms with E-state index in [0.717, 1.165) is 6.20 Å². The molecular weight excluding hydrogens is 467 g/mol. The molecule has 0 aliphatic carbocycles. The molecule has 1 atom stereocenters. The SMILES string of the molecule is CC1(C)CC(CCS(=O)(=O)NCC(=O)NCCc2ccc([N+](=O)[O-])cn2)c2cc(F)ccc2O1. The lowest BCUT2D eigenvalue weighted by molar-refractivity contribution is -0.385. The average molecular weight is 495 g/mol. The highest BCUT2D eigenvalue weighted by Gasteiger charge is 2.34. The number of fused-ring (bicyclic) bond motifs is 1. The van der Waals surface area contributed by atoms with E-state index < -0.39 is 38.8 Å². The number of nitrogens with zero attached hydrogens (tertiary/aromatic N) is 2. The van der Waals surface area contributed by atoms with Crippen molar-refractivity contribution in [2.45, 2.75) is 44.6 Å². The van der Waals surface area contributed by atoms with Crippen LogP contribution < -0.4 is 14.8 Å². The van der Waals surface area contributed by atoms with Gasteiger partial charge in [0.05, 0.1) is 17.2 Å². The van der Waals surface area contributed by atoms with Gasteiger partial charge in [0.2, 0.25) is 15.9 Å². The van der Waals surface area contributed by atoms with Crippen LogP contribution in [0.4, 0.5) is 10.1 Å². The Morgan fingerprint density at radius 1 is 1.32 bits per heavy atom. The Morgan fingerprint density at radius 2 is 2.09 bits per heavy atom. The summed E-state index contributed by atoms with van der Waals surface area (Å²) >= 11 is 0. The van der Waals surface area contributed by atoms with Gasteiger partial charge in [0, 0.05) is 30.3 Å². The summed E-state index contributed by atoms with van der Waals surface area (Å²) in [5, 5.41) is 13.2. The first kappa shape index (κ1) is 25.5. The van der Waals surface area contributed by atoms with Gasteiger partial charge in [-0.2, -0.15) is 0 Å². The van der Waals surface area contributed by atoms with Crippen LogP contribution in [-0.2, 0) is 21.2 Å². The predicted octanol–water partition coefficient (Wildman–Crippen LogP) is 2.44. The highest BCUT2D eigenvalue weighted by atomic mass is 32.2. The number of hydrogen-bond acceptors (Lipinski definition) is 7. The lowest BCUT2D eigenvalue weighted by Crippen LogP contribution is -2.39. The third kappa shape index (κ3) is 7.19. The molecule has 1 amide bonds. The van der Waals surface area contributed by atoms with E-state index in [-0.39, 0.29) is 30.3 Å². The quantitative estimate of drug-likeness (QED) is 0.382. The van der Waals surface area contributed by atoms with E-state index in [4.69, 9.17) is 4.74 Å². The molecule has 12 heteroatoms. The lowest BCUT2D eigenvalue weighted by Gasteiger charge is -2.37. The number of halogens is 1. The minimum atomic E-state index is -3.74. The van der Waals surface area contributed by atoms with Crippen molar-refractivity contribution in [1.82, 2.24) is 15.0 Å². The van der Waals surface area contributed by atoms with Crippen molar-refractivity contribution in [2.75, 3.05) is 18.8 Å². The molecule has 1 aromatic carbocycles. The number of benzene rings is 1. The average Bonchev–Trinajstić information content (AvgIpc) is 2.76. The third-order valence-electron chi connectivity index (χ3n) is 5.45. The van der Waals surface area contributed by atoms with Crippen molar-refractivity contribution in [2.24, 2.45) is 0 Å². The number of carbonyl (C=O) groups excluding carboxylic acids is 1. The summed E-state index contributed by atoms with van der Waals surface area (Å²) in [5.74, 6) is -0.786. The maximum Gasteiger partial charge on any atom is 0.287 e. The zero-order valence-corrected chi connectivity index (χ0v) is 19.7. The number of ether oxygens (including phenoxy) is 1. The number of pyridine rings is 1. The summed E-state index contributed by atoms with van der Waals surface area (Å²) in [6.45, 7) is 3.58. The highest BCUT2D eigenvalue weighted by molar-refractivity contribution is 7.89. The van der Waals surface area contributed by atoms with Gasteiger partial charge in [0.15, 0.2) is 0 Å². The molecule has 0 saturated heterocycles. The minimum Gasteiger partial charge on any atom is -0.488 e. The zero-order valence-electron chi connectivity index (χ0n) is 18.9. The smallest absolute Gasteiger partial charge is 0.287 e. The van der Waals surface area contributed by atoms with Crippen molar-refractivity contribution in [3.63, 3.8) is 0 Å². The normalized spacial score (nSPS) is 16.9. The van der Waals surface area contributed by atoms with Crippen LogP contribution in [0.5, 0.6) is 5.75 Å². The number of aromatic nitrogens is 1. The number of amides is 1. The van der Waals surface area contributed by atoms with Crippen LogP contribution in [0.15, 0.2) is 36.5 Å². The summed E-state index contributed by atoms with van der Waals surface area (Å²) in [6.07, 6.45) is 2.27. The second-order valence-electron chi connectivity index (χ2n) is 8.74. The van der Waals surface area contributed by atoms with Crippen molar-refractivity contribution in [3.8, 4) is 5.75 Å². The van der Waals surface area contributed by atoms with E-state index in [0.29, 0.717) is 29.8 Å². The second kappa shape index (κ2) is 10.4. The van der Waals surface area contributed by atoms with Crippen molar-refractivity contribution in [3.05, 3.63) is 63.7 Å². The number of sulfonamides is 1. The Balaban J connectivity index is 1.46. The first-order valence-electron chi connectivity index (χ1n) is 10.8. The maximum absolute atomic E-state index is 13.7. The number of carbonyl (C=O) groups is 1. The maximum atomic E-state index is 13.7. The fourth-order valence-electron chi connectivity index (χ4n) is 3.84. The molecule has 0 saturated carbocycles. The van der Waals surface area contributed by atoms with E-state index in [1.807, 2.05) is 13.8 Å². The molecule has 1 unspecified atom stereocenters. The Morgan fingerprint density at radius 3 is 2.76 bits per heavy atom. The summed E-state index contributed by atoms with van der Waals surface area (Å²) < 4.78 is 46.8. The van der Waals surface area contributed by atoms with Gasteiger partial charge in [-0.25, -0.2) is 17.5 Å². The first-order chi connectivity index (χ1) is 15.9.